The molecule has 1 aliphatic heterocycles. The molecule has 88 valence electrons. The van der Waals surface area contributed by atoms with E-state index in [0.29, 0.717) is 18.2 Å². The van der Waals surface area contributed by atoms with E-state index >= 15 is 0 Å². The largest absolute Gasteiger partial charge is 0.376 e. The molecular weight excluding hydrogens is 238 g/mol. The number of hydrazine groups is 1. The first-order valence-electron chi connectivity index (χ1n) is 5.45. The second kappa shape index (κ2) is 4.14. The van der Waals surface area contributed by atoms with Crippen LogP contribution in [-0.4, -0.2) is 11.6 Å². The van der Waals surface area contributed by atoms with Gasteiger partial charge in [0, 0.05) is 22.4 Å². The van der Waals surface area contributed by atoms with Crippen LogP contribution in [0.15, 0.2) is 18.2 Å². The third-order valence-corrected chi connectivity index (χ3v) is 3.24. The molecule has 0 saturated heterocycles. The van der Waals surface area contributed by atoms with E-state index in [0.717, 1.165) is 34.3 Å². The van der Waals surface area contributed by atoms with Crippen molar-refractivity contribution in [3.8, 4) is 0 Å². The summed E-state index contributed by atoms with van der Waals surface area (Å²) in [6.45, 7) is 1.26. The van der Waals surface area contributed by atoms with Gasteiger partial charge in [-0.2, -0.15) is 0 Å². The average molecular weight is 250 g/mol. The number of nitrogens with two attached hydrogens (primary N) is 1. The third kappa shape index (κ3) is 1.74. The van der Waals surface area contributed by atoms with Gasteiger partial charge in [0.2, 0.25) is 0 Å². The molecule has 0 fully saturated rings. The van der Waals surface area contributed by atoms with Gasteiger partial charge in [0.25, 0.3) is 0 Å². The number of aromatic nitrogens is 1. The lowest BCUT2D eigenvalue weighted by atomic mass is 10.0. The van der Waals surface area contributed by atoms with Crippen LogP contribution in [0.2, 0.25) is 5.02 Å². The Balaban J connectivity index is 2.35. The first-order chi connectivity index (χ1) is 8.29. The van der Waals surface area contributed by atoms with Crippen molar-refractivity contribution in [2.24, 2.45) is 5.84 Å². The first-order valence-corrected chi connectivity index (χ1v) is 5.83. The van der Waals surface area contributed by atoms with Crippen molar-refractivity contribution in [1.82, 2.24) is 4.98 Å². The summed E-state index contributed by atoms with van der Waals surface area (Å²) in [6.07, 6.45) is 0.822. The quantitative estimate of drug-likeness (QED) is 0.601. The molecule has 2 aromatic rings. The van der Waals surface area contributed by atoms with Crippen LogP contribution < -0.4 is 11.3 Å². The molecule has 2 heterocycles. The van der Waals surface area contributed by atoms with Crippen molar-refractivity contribution in [3.63, 3.8) is 0 Å². The predicted octanol–water partition coefficient (Wildman–Crippen LogP) is 2.25. The van der Waals surface area contributed by atoms with Gasteiger partial charge in [-0.15, -0.1) is 0 Å². The zero-order valence-electron chi connectivity index (χ0n) is 9.16. The molecule has 4 nitrogen and oxygen atoms in total. The van der Waals surface area contributed by atoms with Crippen LogP contribution in [0, 0.1) is 0 Å². The number of fused-ring (bicyclic) bond motifs is 2. The van der Waals surface area contributed by atoms with Gasteiger partial charge in [0.1, 0.15) is 0 Å². The number of benzene rings is 1. The van der Waals surface area contributed by atoms with E-state index in [-0.39, 0.29) is 0 Å². The minimum atomic E-state index is 0.546. The fraction of sp³-hybridized carbons (Fsp3) is 0.250. The third-order valence-electron chi connectivity index (χ3n) is 3.01. The molecule has 1 aliphatic rings. The number of hydrogen-bond acceptors (Lipinski definition) is 4. The van der Waals surface area contributed by atoms with Crippen LogP contribution in [0.4, 0.5) is 5.69 Å². The molecule has 5 heteroatoms. The highest BCUT2D eigenvalue weighted by atomic mass is 35.5. The Labute approximate surface area is 104 Å². The van der Waals surface area contributed by atoms with Crippen LogP contribution in [0.3, 0.4) is 0 Å². The molecule has 0 spiro atoms. The Hall–Kier alpha value is -1.36. The molecule has 3 rings (SSSR count). The van der Waals surface area contributed by atoms with Crippen molar-refractivity contribution in [2.75, 3.05) is 12.0 Å². The number of nitrogens with one attached hydrogen (secondary N) is 1. The summed E-state index contributed by atoms with van der Waals surface area (Å²) in [7, 11) is 0. The number of hydrogen-bond donors (Lipinski definition) is 2. The van der Waals surface area contributed by atoms with E-state index in [9.17, 15) is 0 Å². The fourth-order valence-electron chi connectivity index (χ4n) is 2.20. The molecule has 1 aromatic carbocycles. The number of anilines is 1. The van der Waals surface area contributed by atoms with Gasteiger partial charge in [-0.25, -0.2) is 0 Å². The number of nitrogens with zero attached hydrogens (tertiary/aromatic N) is 1. The van der Waals surface area contributed by atoms with Crippen LogP contribution in [-0.2, 0) is 17.8 Å². The van der Waals surface area contributed by atoms with Gasteiger partial charge in [-0.05, 0) is 18.2 Å². The van der Waals surface area contributed by atoms with Crippen molar-refractivity contribution < 1.29 is 4.74 Å². The van der Waals surface area contributed by atoms with Crippen LogP contribution in [0.25, 0.3) is 10.9 Å². The van der Waals surface area contributed by atoms with Crippen LogP contribution in [0.1, 0.15) is 11.3 Å². The van der Waals surface area contributed by atoms with E-state index in [1.165, 1.54) is 0 Å². The Morgan fingerprint density at radius 2 is 2.29 bits per heavy atom. The second-order valence-electron chi connectivity index (χ2n) is 4.02. The standard InChI is InChI=1S/C12H12ClN3O/c13-7-1-2-10-8(5-7)12(16-14)9-6-17-4-3-11(9)15-10/h1-2,5H,3-4,6,14H2,(H,15,16). The van der Waals surface area contributed by atoms with Gasteiger partial charge < -0.3 is 10.2 Å². The van der Waals surface area contributed by atoms with Crippen molar-refractivity contribution >= 4 is 28.2 Å². The minimum Gasteiger partial charge on any atom is -0.376 e. The lowest BCUT2D eigenvalue weighted by Gasteiger charge is -2.20. The van der Waals surface area contributed by atoms with Gasteiger partial charge in [0.15, 0.2) is 0 Å². The normalized spacial score (nSPS) is 14.7. The first kappa shape index (κ1) is 10.8. The highest BCUT2D eigenvalue weighted by molar-refractivity contribution is 6.31. The molecular formula is C12H12ClN3O. The smallest absolute Gasteiger partial charge is 0.0755 e. The number of rotatable bonds is 1. The molecule has 0 saturated carbocycles. The number of ether oxygens (including phenoxy) is 1. The topological polar surface area (TPSA) is 60.2 Å². The summed E-state index contributed by atoms with van der Waals surface area (Å²) >= 11 is 6.00. The highest BCUT2D eigenvalue weighted by Crippen LogP contribution is 2.32. The van der Waals surface area contributed by atoms with E-state index in [1.54, 1.807) is 0 Å². The Morgan fingerprint density at radius 1 is 1.41 bits per heavy atom. The highest BCUT2D eigenvalue weighted by Gasteiger charge is 2.18. The Bertz CT molecular complexity index is 585. The summed E-state index contributed by atoms with van der Waals surface area (Å²) in [6, 6.07) is 5.62. The molecule has 0 aliphatic carbocycles. The van der Waals surface area contributed by atoms with E-state index in [2.05, 4.69) is 10.4 Å². The number of nitrogen functional groups attached to an aromatic ring is 1. The van der Waals surface area contributed by atoms with Gasteiger partial charge in [0.05, 0.1) is 30.1 Å². The maximum absolute atomic E-state index is 6.00. The van der Waals surface area contributed by atoms with E-state index < -0.39 is 0 Å². The zero-order chi connectivity index (χ0) is 11.8. The zero-order valence-corrected chi connectivity index (χ0v) is 9.92. The Morgan fingerprint density at radius 3 is 3.12 bits per heavy atom. The average Bonchev–Trinajstić information content (AvgIpc) is 2.36. The van der Waals surface area contributed by atoms with Crippen LogP contribution >= 0.6 is 11.6 Å². The number of pyridine rings is 1. The maximum Gasteiger partial charge on any atom is 0.0755 e. The van der Waals surface area contributed by atoms with Gasteiger partial charge in [-0.3, -0.25) is 10.8 Å². The summed E-state index contributed by atoms with van der Waals surface area (Å²) < 4.78 is 5.45. The molecule has 0 radical (unpaired) electrons. The molecule has 0 bridgehead atoms. The lowest BCUT2D eigenvalue weighted by molar-refractivity contribution is 0.110. The lowest BCUT2D eigenvalue weighted by Crippen LogP contribution is -2.17. The second-order valence-corrected chi connectivity index (χ2v) is 4.46. The SMILES string of the molecule is NNc1c2c(nc3ccc(Cl)cc13)CCOC2. The molecule has 0 unspecified atom stereocenters. The molecule has 1 aromatic heterocycles. The van der Waals surface area contributed by atoms with Gasteiger partial charge >= 0.3 is 0 Å². The van der Waals surface area contributed by atoms with Crippen LogP contribution in [0.5, 0.6) is 0 Å². The van der Waals surface area contributed by atoms with E-state index in [1.807, 2.05) is 18.2 Å². The monoisotopic (exact) mass is 249 g/mol. The van der Waals surface area contributed by atoms with Crippen molar-refractivity contribution in [2.45, 2.75) is 13.0 Å². The summed E-state index contributed by atoms with van der Waals surface area (Å²) in [5, 5.41) is 1.61. The maximum atomic E-state index is 6.00. The summed E-state index contributed by atoms with van der Waals surface area (Å²) in [5.74, 6) is 5.61. The number of halogens is 1. The fourth-order valence-corrected chi connectivity index (χ4v) is 2.37. The Kier molecular flexibility index (Phi) is 2.63. The molecule has 0 amide bonds. The molecule has 0 atom stereocenters. The molecule has 3 N–H and O–H groups in total. The predicted molar refractivity (Wildman–Crippen MR) is 67.9 cm³/mol. The van der Waals surface area contributed by atoms with E-state index in [4.69, 9.17) is 22.2 Å². The van der Waals surface area contributed by atoms with Crippen molar-refractivity contribution in [3.05, 3.63) is 34.5 Å². The molecule has 17 heavy (non-hydrogen) atoms. The minimum absolute atomic E-state index is 0.546. The summed E-state index contributed by atoms with van der Waals surface area (Å²) in [4.78, 5) is 4.63. The van der Waals surface area contributed by atoms with Crippen molar-refractivity contribution in [1.29, 1.82) is 0 Å². The van der Waals surface area contributed by atoms with Gasteiger partial charge in [-0.1, -0.05) is 11.6 Å². The summed E-state index contributed by atoms with van der Waals surface area (Å²) in [5.41, 5.74) is 6.61.